The third-order valence-electron chi connectivity index (χ3n) is 2.74. The van der Waals surface area contributed by atoms with Crippen LogP contribution >= 0.6 is 24.0 Å². The zero-order chi connectivity index (χ0) is 14.7. The Morgan fingerprint density at radius 2 is 2.40 bits per heavy atom. The van der Waals surface area contributed by atoms with E-state index in [1.165, 1.54) is 0 Å². The second-order valence-electron chi connectivity index (χ2n) is 4.64. The molecule has 1 aliphatic heterocycles. The van der Waals surface area contributed by atoms with E-state index in [-0.39, 0.29) is 12.1 Å². The van der Waals surface area contributed by atoms with Gasteiger partial charge in [0.05, 0.1) is 11.8 Å². The van der Waals surface area contributed by atoms with E-state index in [4.69, 9.17) is 17.0 Å². The van der Waals surface area contributed by atoms with E-state index < -0.39 is 6.09 Å². The SMILES string of the molecule is CSCC1C(=S)Nc2cccnc2N1C(=O)OC(C)C. The molecule has 1 aromatic rings. The van der Waals surface area contributed by atoms with Gasteiger partial charge in [-0.15, -0.1) is 0 Å². The number of nitrogens with one attached hydrogen (secondary N) is 1. The Hall–Kier alpha value is -1.34. The number of rotatable bonds is 3. The average Bonchev–Trinajstić information content (AvgIpc) is 2.38. The molecule has 0 aliphatic carbocycles. The molecular weight excluding hydrogens is 294 g/mol. The van der Waals surface area contributed by atoms with Crippen molar-refractivity contribution in [3.63, 3.8) is 0 Å². The van der Waals surface area contributed by atoms with Crippen LogP contribution in [0.2, 0.25) is 0 Å². The molecule has 20 heavy (non-hydrogen) atoms. The molecule has 2 heterocycles. The number of thiocarbonyl (C=S) groups is 1. The molecule has 1 aliphatic rings. The summed E-state index contributed by atoms with van der Waals surface area (Å²) in [6.07, 6.45) is 3.03. The molecule has 0 aromatic carbocycles. The Kier molecular flexibility index (Phi) is 4.82. The van der Waals surface area contributed by atoms with Crippen LogP contribution in [0.25, 0.3) is 0 Å². The molecule has 1 unspecified atom stereocenters. The molecule has 1 amide bonds. The Morgan fingerprint density at radius 1 is 1.65 bits per heavy atom. The van der Waals surface area contributed by atoms with Crippen molar-refractivity contribution in [3.05, 3.63) is 18.3 Å². The first-order valence-electron chi connectivity index (χ1n) is 6.29. The summed E-state index contributed by atoms with van der Waals surface area (Å²) in [5, 5.41) is 3.14. The lowest BCUT2D eigenvalue weighted by atomic mass is 10.2. The van der Waals surface area contributed by atoms with Crippen molar-refractivity contribution in [2.24, 2.45) is 0 Å². The quantitative estimate of drug-likeness (QED) is 0.866. The number of hydrogen-bond acceptors (Lipinski definition) is 5. The summed E-state index contributed by atoms with van der Waals surface area (Å²) in [5.41, 5.74) is 0.732. The summed E-state index contributed by atoms with van der Waals surface area (Å²) < 4.78 is 5.32. The predicted octanol–water partition coefficient (Wildman–Crippen LogP) is 2.92. The number of hydrogen-bond donors (Lipinski definition) is 1. The highest BCUT2D eigenvalue weighted by Crippen LogP contribution is 2.31. The molecule has 0 saturated carbocycles. The van der Waals surface area contributed by atoms with Crippen LogP contribution in [0.4, 0.5) is 16.3 Å². The van der Waals surface area contributed by atoms with Gasteiger partial charge in [0.15, 0.2) is 5.82 Å². The van der Waals surface area contributed by atoms with Gasteiger partial charge in [0, 0.05) is 11.9 Å². The van der Waals surface area contributed by atoms with Gasteiger partial charge in [0.2, 0.25) is 0 Å². The standard InChI is InChI=1S/C13H17N3O2S2/c1-8(2)18-13(17)16-10(7-20-3)12(19)15-9-5-4-6-14-11(9)16/h4-6,8,10H,7H2,1-3H3,(H,15,19). The van der Waals surface area contributed by atoms with Gasteiger partial charge in [0.25, 0.3) is 0 Å². The molecule has 0 fully saturated rings. The molecule has 5 nitrogen and oxygen atoms in total. The lowest BCUT2D eigenvalue weighted by molar-refractivity contribution is 0.122. The van der Waals surface area contributed by atoms with Gasteiger partial charge in [0.1, 0.15) is 11.0 Å². The van der Waals surface area contributed by atoms with E-state index in [9.17, 15) is 4.79 Å². The van der Waals surface area contributed by atoms with Gasteiger partial charge < -0.3 is 10.1 Å². The Labute approximate surface area is 128 Å². The Morgan fingerprint density at radius 3 is 3.05 bits per heavy atom. The summed E-state index contributed by atoms with van der Waals surface area (Å²) in [6, 6.07) is 3.41. The van der Waals surface area contributed by atoms with Crippen LogP contribution in [-0.2, 0) is 4.74 Å². The lowest BCUT2D eigenvalue weighted by Crippen LogP contribution is -2.52. The van der Waals surface area contributed by atoms with Crippen LogP contribution in [0.3, 0.4) is 0 Å². The van der Waals surface area contributed by atoms with E-state index in [2.05, 4.69) is 10.3 Å². The maximum atomic E-state index is 12.4. The van der Waals surface area contributed by atoms with Gasteiger partial charge >= 0.3 is 6.09 Å². The van der Waals surface area contributed by atoms with Gasteiger partial charge in [-0.2, -0.15) is 11.8 Å². The smallest absolute Gasteiger partial charge is 0.416 e. The highest BCUT2D eigenvalue weighted by molar-refractivity contribution is 7.98. The first-order chi connectivity index (χ1) is 9.54. The number of ether oxygens (including phenoxy) is 1. The van der Waals surface area contributed by atoms with Gasteiger partial charge in [-0.25, -0.2) is 14.7 Å². The number of thioether (sulfide) groups is 1. The minimum atomic E-state index is -0.414. The maximum absolute atomic E-state index is 12.4. The third-order valence-corrected chi connectivity index (χ3v) is 3.77. The second-order valence-corrected chi connectivity index (χ2v) is 5.99. The largest absolute Gasteiger partial charge is 0.446 e. The molecule has 0 bridgehead atoms. The predicted molar refractivity (Wildman–Crippen MR) is 86.7 cm³/mol. The molecule has 108 valence electrons. The van der Waals surface area contributed by atoms with Gasteiger partial charge in [-0.05, 0) is 32.2 Å². The van der Waals surface area contributed by atoms with Crippen molar-refractivity contribution in [3.8, 4) is 0 Å². The van der Waals surface area contributed by atoms with Crippen molar-refractivity contribution in [2.45, 2.75) is 26.0 Å². The van der Waals surface area contributed by atoms with Crippen molar-refractivity contribution >= 4 is 46.6 Å². The van der Waals surface area contributed by atoms with Crippen molar-refractivity contribution in [1.82, 2.24) is 4.98 Å². The molecule has 0 saturated heterocycles. The first kappa shape index (κ1) is 15.1. The molecule has 2 rings (SSSR count). The van der Waals surface area contributed by atoms with Crippen LogP contribution in [0.5, 0.6) is 0 Å². The first-order valence-corrected chi connectivity index (χ1v) is 8.09. The lowest BCUT2D eigenvalue weighted by Gasteiger charge is -2.36. The second kappa shape index (κ2) is 6.41. The summed E-state index contributed by atoms with van der Waals surface area (Å²) in [5.74, 6) is 1.25. The number of carbonyl (C=O) groups excluding carboxylic acids is 1. The van der Waals surface area contributed by atoms with E-state index in [1.54, 1.807) is 28.9 Å². The molecular formula is C13H17N3O2S2. The minimum absolute atomic E-state index is 0.187. The molecule has 7 heteroatoms. The monoisotopic (exact) mass is 311 g/mol. The number of fused-ring (bicyclic) bond motifs is 1. The molecule has 1 atom stereocenters. The van der Waals surface area contributed by atoms with E-state index >= 15 is 0 Å². The normalized spacial score (nSPS) is 17.7. The number of amides is 1. The van der Waals surface area contributed by atoms with Crippen LogP contribution in [0.1, 0.15) is 13.8 Å². The molecule has 1 aromatic heterocycles. The summed E-state index contributed by atoms with van der Waals surface area (Å²) in [6.45, 7) is 3.64. The number of anilines is 2. The molecule has 0 radical (unpaired) electrons. The highest BCUT2D eigenvalue weighted by Gasteiger charge is 2.36. The fourth-order valence-corrected chi connectivity index (χ4v) is 2.98. The fourth-order valence-electron chi connectivity index (χ4n) is 1.95. The van der Waals surface area contributed by atoms with E-state index in [0.29, 0.717) is 16.6 Å². The van der Waals surface area contributed by atoms with Crippen molar-refractivity contribution in [1.29, 1.82) is 0 Å². The van der Waals surface area contributed by atoms with Crippen LogP contribution in [0, 0.1) is 0 Å². The van der Waals surface area contributed by atoms with Crippen LogP contribution in [-0.4, -0.2) is 40.2 Å². The zero-order valence-electron chi connectivity index (χ0n) is 11.6. The zero-order valence-corrected chi connectivity index (χ0v) is 13.3. The topological polar surface area (TPSA) is 54.5 Å². The summed E-state index contributed by atoms with van der Waals surface area (Å²) >= 11 is 7.00. The van der Waals surface area contributed by atoms with Gasteiger partial charge in [-0.3, -0.25) is 0 Å². The van der Waals surface area contributed by atoms with E-state index in [0.717, 1.165) is 5.69 Å². The minimum Gasteiger partial charge on any atom is -0.446 e. The summed E-state index contributed by atoms with van der Waals surface area (Å²) in [4.78, 5) is 18.8. The van der Waals surface area contributed by atoms with E-state index in [1.807, 2.05) is 26.2 Å². The average molecular weight is 311 g/mol. The Balaban J connectivity index is 2.40. The fraction of sp³-hybridized carbons (Fsp3) is 0.462. The Bertz CT molecular complexity index is 522. The molecule has 1 N–H and O–H groups in total. The van der Waals surface area contributed by atoms with Crippen LogP contribution < -0.4 is 10.2 Å². The number of pyridine rings is 1. The van der Waals surface area contributed by atoms with Crippen molar-refractivity contribution in [2.75, 3.05) is 22.2 Å². The number of carbonyl (C=O) groups is 1. The van der Waals surface area contributed by atoms with Gasteiger partial charge in [-0.1, -0.05) is 12.2 Å². The number of aromatic nitrogens is 1. The number of nitrogens with zero attached hydrogens (tertiary/aromatic N) is 2. The molecule has 0 spiro atoms. The van der Waals surface area contributed by atoms with Crippen molar-refractivity contribution < 1.29 is 9.53 Å². The van der Waals surface area contributed by atoms with Crippen LogP contribution in [0.15, 0.2) is 18.3 Å². The third kappa shape index (κ3) is 3.04. The highest BCUT2D eigenvalue weighted by atomic mass is 32.2. The summed E-state index contributed by atoms with van der Waals surface area (Å²) in [7, 11) is 0. The maximum Gasteiger partial charge on any atom is 0.416 e.